The van der Waals surface area contributed by atoms with Crippen LogP contribution in [0.1, 0.15) is 11.4 Å². The Bertz CT molecular complexity index is 389. The Hall–Kier alpha value is -0.960. The van der Waals surface area contributed by atoms with Crippen LogP contribution in [-0.2, 0) is 13.1 Å². The maximum absolute atomic E-state index is 3.98. The molecule has 8 heteroatoms. The second kappa shape index (κ2) is 9.87. The van der Waals surface area contributed by atoms with Gasteiger partial charge in [-0.15, -0.1) is 0 Å². The monoisotopic (exact) mass is 312 g/mol. The van der Waals surface area contributed by atoms with Crippen LogP contribution in [0.4, 0.5) is 0 Å². The molecule has 110 valence electrons. The summed E-state index contributed by atoms with van der Waals surface area (Å²) in [5.41, 5.74) is 2.26. The third kappa shape index (κ3) is 6.47. The maximum atomic E-state index is 3.98. The van der Waals surface area contributed by atoms with Gasteiger partial charge in [-0.3, -0.25) is 0 Å². The van der Waals surface area contributed by atoms with Gasteiger partial charge in [-0.05, 0) is 0 Å². The van der Waals surface area contributed by atoms with Gasteiger partial charge >= 0.3 is 0 Å². The second-order valence-electron chi connectivity index (χ2n) is 4.15. The molecule has 0 saturated heterocycles. The van der Waals surface area contributed by atoms with Crippen LogP contribution < -0.4 is 10.6 Å². The van der Waals surface area contributed by atoms with Gasteiger partial charge in [0, 0.05) is 61.5 Å². The van der Waals surface area contributed by atoms with E-state index in [4.69, 9.17) is 0 Å². The molecule has 0 saturated carbocycles. The van der Waals surface area contributed by atoms with E-state index >= 15 is 0 Å². The molecule has 0 aliphatic rings. The van der Waals surface area contributed by atoms with Crippen LogP contribution in [0.5, 0.6) is 0 Å². The van der Waals surface area contributed by atoms with Gasteiger partial charge in [-0.1, -0.05) is 21.6 Å². The van der Waals surface area contributed by atoms with Gasteiger partial charge in [-0.25, -0.2) is 9.97 Å². The van der Waals surface area contributed by atoms with Gasteiger partial charge in [0.15, 0.2) is 0 Å². The molecule has 2 aromatic heterocycles. The molecule has 6 nitrogen and oxygen atoms in total. The van der Waals surface area contributed by atoms with Gasteiger partial charge in [0.05, 0.1) is 12.7 Å². The summed E-state index contributed by atoms with van der Waals surface area (Å²) in [5, 5.41) is 6.75. The smallest absolute Gasteiger partial charge is 0.0922 e. The van der Waals surface area contributed by atoms with Crippen LogP contribution in [0.2, 0.25) is 0 Å². The van der Waals surface area contributed by atoms with Gasteiger partial charge in [0.2, 0.25) is 0 Å². The Morgan fingerprint density at radius 3 is 1.75 bits per heavy atom. The van der Waals surface area contributed by atoms with E-state index in [1.807, 2.05) is 34.0 Å². The van der Waals surface area contributed by atoms with Crippen LogP contribution in [0.15, 0.2) is 25.0 Å². The first kappa shape index (κ1) is 15.4. The molecule has 0 radical (unpaired) electrons. The van der Waals surface area contributed by atoms with E-state index in [9.17, 15) is 0 Å². The van der Waals surface area contributed by atoms with Gasteiger partial charge in [0.1, 0.15) is 0 Å². The summed E-state index contributed by atoms with van der Waals surface area (Å²) < 4.78 is 0. The number of H-pyrrole nitrogens is 2. The SMILES string of the molecule is c1ncc(CNCCSSCCNCc2cnc[nH]2)[nH]1. The summed E-state index contributed by atoms with van der Waals surface area (Å²) in [4.78, 5) is 14.1. The van der Waals surface area contributed by atoms with E-state index in [1.54, 1.807) is 12.7 Å². The lowest BCUT2D eigenvalue weighted by Gasteiger charge is -2.04. The Morgan fingerprint density at radius 1 is 0.850 bits per heavy atom. The van der Waals surface area contributed by atoms with E-state index in [0.29, 0.717) is 0 Å². The standard InChI is InChI=1S/C12H20N6S2/c1(13-5-11-7-15-9-17-11)3-19-20-4-2-14-6-12-8-16-10-18-12/h7-10,13-14H,1-6H2,(H,15,17)(H,16,18). The van der Waals surface area contributed by atoms with Gasteiger partial charge in [0.25, 0.3) is 0 Å². The Morgan fingerprint density at radius 2 is 1.35 bits per heavy atom. The van der Waals surface area contributed by atoms with Gasteiger partial charge in [-0.2, -0.15) is 0 Å². The van der Waals surface area contributed by atoms with E-state index in [-0.39, 0.29) is 0 Å². The Labute approximate surface area is 126 Å². The third-order valence-electron chi connectivity index (χ3n) is 2.55. The van der Waals surface area contributed by atoms with Crippen molar-refractivity contribution in [1.82, 2.24) is 30.6 Å². The summed E-state index contributed by atoms with van der Waals surface area (Å²) in [7, 11) is 3.81. The average Bonchev–Trinajstić information content (AvgIpc) is 3.14. The van der Waals surface area contributed by atoms with E-state index < -0.39 is 0 Å². The minimum absolute atomic E-state index is 0.858. The Kier molecular flexibility index (Phi) is 7.61. The summed E-state index contributed by atoms with van der Waals surface area (Å²) in [6.07, 6.45) is 7.11. The number of nitrogens with one attached hydrogen (secondary N) is 4. The highest BCUT2D eigenvalue weighted by Crippen LogP contribution is 2.19. The molecule has 0 atom stereocenters. The fourth-order valence-electron chi connectivity index (χ4n) is 1.55. The van der Waals surface area contributed by atoms with E-state index in [1.165, 1.54) is 0 Å². The first-order valence-electron chi connectivity index (χ1n) is 6.55. The predicted octanol–water partition coefficient (Wildman–Crippen LogP) is 1.39. The molecule has 0 unspecified atom stereocenters. The highest BCUT2D eigenvalue weighted by Gasteiger charge is 1.95. The lowest BCUT2D eigenvalue weighted by Crippen LogP contribution is -2.17. The maximum Gasteiger partial charge on any atom is 0.0922 e. The summed E-state index contributed by atoms with van der Waals surface area (Å²) in [6.45, 7) is 3.74. The van der Waals surface area contributed by atoms with Crippen molar-refractivity contribution in [3.63, 3.8) is 0 Å². The molecular weight excluding hydrogens is 292 g/mol. The highest BCUT2D eigenvalue weighted by molar-refractivity contribution is 8.76. The van der Waals surface area contributed by atoms with Gasteiger partial charge < -0.3 is 20.6 Å². The summed E-state index contributed by atoms with van der Waals surface area (Å²) >= 11 is 0. The Balaban J connectivity index is 1.33. The molecule has 0 aliphatic carbocycles. The van der Waals surface area contributed by atoms with Crippen LogP contribution in [0, 0.1) is 0 Å². The minimum atomic E-state index is 0.858. The summed E-state index contributed by atoms with van der Waals surface area (Å²) in [6, 6.07) is 0. The zero-order chi connectivity index (χ0) is 13.9. The van der Waals surface area contributed by atoms with Crippen LogP contribution in [-0.4, -0.2) is 44.5 Å². The van der Waals surface area contributed by atoms with E-state index in [0.717, 1.165) is 49.1 Å². The molecule has 0 aromatic carbocycles. The fourth-order valence-corrected chi connectivity index (χ4v) is 3.45. The first-order chi connectivity index (χ1) is 9.95. The van der Waals surface area contributed by atoms with Crippen molar-refractivity contribution in [1.29, 1.82) is 0 Å². The number of nitrogens with zero attached hydrogens (tertiary/aromatic N) is 2. The topological polar surface area (TPSA) is 81.4 Å². The summed E-state index contributed by atoms with van der Waals surface area (Å²) in [5.74, 6) is 2.22. The molecule has 4 N–H and O–H groups in total. The average molecular weight is 312 g/mol. The van der Waals surface area contributed by atoms with Crippen LogP contribution in [0.25, 0.3) is 0 Å². The second-order valence-corrected chi connectivity index (χ2v) is 6.85. The fraction of sp³-hybridized carbons (Fsp3) is 0.500. The van der Waals surface area contributed by atoms with Crippen LogP contribution >= 0.6 is 21.6 Å². The molecule has 2 heterocycles. The molecule has 20 heavy (non-hydrogen) atoms. The lowest BCUT2D eigenvalue weighted by molar-refractivity contribution is 0.718. The third-order valence-corrected chi connectivity index (χ3v) is 4.96. The molecule has 0 bridgehead atoms. The number of aromatic nitrogens is 4. The highest BCUT2D eigenvalue weighted by atomic mass is 33.1. The van der Waals surface area contributed by atoms with Crippen LogP contribution in [0.3, 0.4) is 0 Å². The van der Waals surface area contributed by atoms with E-state index in [2.05, 4.69) is 30.6 Å². The number of imidazole rings is 2. The molecule has 0 amide bonds. The largest absolute Gasteiger partial charge is 0.347 e. The molecule has 2 aromatic rings. The van der Waals surface area contributed by atoms with Crippen molar-refractivity contribution in [3.05, 3.63) is 36.4 Å². The normalized spacial score (nSPS) is 11.0. The molecular formula is C12H20N6S2. The van der Waals surface area contributed by atoms with Crippen molar-refractivity contribution in [2.75, 3.05) is 24.6 Å². The van der Waals surface area contributed by atoms with Crippen molar-refractivity contribution < 1.29 is 0 Å². The molecule has 0 spiro atoms. The number of hydrogen-bond acceptors (Lipinski definition) is 6. The minimum Gasteiger partial charge on any atom is -0.347 e. The first-order valence-corrected chi connectivity index (χ1v) is 9.04. The van der Waals surface area contributed by atoms with Crippen molar-refractivity contribution in [2.24, 2.45) is 0 Å². The molecule has 0 fully saturated rings. The van der Waals surface area contributed by atoms with Crippen molar-refractivity contribution in [2.45, 2.75) is 13.1 Å². The number of aromatic amines is 2. The molecule has 0 aliphatic heterocycles. The predicted molar refractivity (Wildman–Crippen MR) is 85.5 cm³/mol. The number of rotatable bonds is 11. The molecule has 2 rings (SSSR count). The number of hydrogen-bond donors (Lipinski definition) is 4. The zero-order valence-corrected chi connectivity index (χ0v) is 12.9. The zero-order valence-electron chi connectivity index (χ0n) is 11.3. The van der Waals surface area contributed by atoms with Crippen molar-refractivity contribution in [3.8, 4) is 0 Å². The lowest BCUT2D eigenvalue weighted by atomic mass is 10.5. The quantitative estimate of drug-likeness (QED) is 0.371. The van der Waals surface area contributed by atoms with Crippen molar-refractivity contribution >= 4 is 21.6 Å².